The molecule has 0 spiro atoms. The van der Waals surface area contributed by atoms with Crippen LogP contribution >= 0.6 is 0 Å². The molecular formula is C16H35N5. The molecule has 1 aliphatic heterocycles. The predicted octanol–water partition coefficient (Wildman–Crippen LogP) is 1.23. The van der Waals surface area contributed by atoms with Crippen molar-refractivity contribution in [2.45, 2.75) is 33.6 Å². The minimum Gasteiger partial charge on any atom is -0.356 e. The van der Waals surface area contributed by atoms with Gasteiger partial charge in [0.2, 0.25) is 0 Å². The molecule has 0 aromatic rings. The summed E-state index contributed by atoms with van der Waals surface area (Å²) >= 11 is 0. The van der Waals surface area contributed by atoms with Crippen LogP contribution in [0.2, 0.25) is 0 Å². The summed E-state index contributed by atoms with van der Waals surface area (Å²) in [7, 11) is 1.84. The van der Waals surface area contributed by atoms with Crippen LogP contribution in [0.1, 0.15) is 33.6 Å². The molecule has 0 amide bonds. The second-order valence-corrected chi connectivity index (χ2v) is 6.26. The van der Waals surface area contributed by atoms with Gasteiger partial charge in [0.1, 0.15) is 0 Å². The summed E-state index contributed by atoms with van der Waals surface area (Å²) in [6, 6.07) is 0. The summed E-state index contributed by atoms with van der Waals surface area (Å²) in [5.41, 5.74) is 0. The van der Waals surface area contributed by atoms with Crippen LogP contribution in [-0.2, 0) is 0 Å². The lowest BCUT2D eigenvalue weighted by Crippen LogP contribution is -2.46. The van der Waals surface area contributed by atoms with Gasteiger partial charge in [-0.1, -0.05) is 20.8 Å². The molecule has 0 atom stereocenters. The van der Waals surface area contributed by atoms with Crippen molar-refractivity contribution in [1.29, 1.82) is 0 Å². The Morgan fingerprint density at radius 2 is 1.71 bits per heavy atom. The Labute approximate surface area is 131 Å². The van der Waals surface area contributed by atoms with Crippen LogP contribution in [0.3, 0.4) is 0 Å². The van der Waals surface area contributed by atoms with Crippen LogP contribution in [0.15, 0.2) is 4.99 Å². The Morgan fingerprint density at radius 1 is 1.05 bits per heavy atom. The van der Waals surface area contributed by atoms with Crippen LogP contribution in [0.25, 0.3) is 0 Å². The Kier molecular flexibility index (Phi) is 9.42. The molecule has 0 radical (unpaired) electrons. The molecular weight excluding hydrogens is 262 g/mol. The first-order valence-electron chi connectivity index (χ1n) is 8.55. The maximum absolute atomic E-state index is 4.24. The van der Waals surface area contributed by atoms with Crippen LogP contribution < -0.4 is 10.6 Å². The van der Waals surface area contributed by atoms with Gasteiger partial charge in [0.15, 0.2) is 5.96 Å². The van der Waals surface area contributed by atoms with Gasteiger partial charge in [-0.3, -0.25) is 4.99 Å². The van der Waals surface area contributed by atoms with Crippen molar-refractivity contribution in [3.63, 3.8) is 0 Å². The van der Waals surface area contributed by atoms with Crippen molar-refractivity contribution in [2.24, 2.45) is 10.9 Å². The molecule has 0 saturated carbocycles. The molecule has 1 aliphatic rings. The number of rotatable bonds is 8. The first-order chi connectivity index (χ1) is 10.2. The average molecular weight is 297 g/mol. The van der Waals surface area contributed by atoms with E-state index in [-0.39, 0.29) is 0 Å². The standard InChI is InChI=1S/C16H35N5/c1-5-20-10-12-21(13-11-20)9-7-6-8-18-16(17-4)19-14-15(2)3/h15H,5-14H2,1-4H3,(H2,17,18,19). The number of aliphatic imine (C=N–C) groups is 1. The number of guanidine groups is 1. The van der Waals surface area contributed by atoms with Crippen LogP contribution in [0, 0.1) is 5.92 Å². The SMILES string of the molecule is CCN1CCN(CCCCNC(=NC)NCC(C)C)CC1. The van der Waals surface area contributed by atoms with E-state index in [9.17, 15) is 0 Å². The summed E-state index contributed by atoms with van der Waals surface area (Å²) in [4.78, 5) is 9.37. The van der Waals surface area contributed by atoms with Crippen molar-refractivity contribution in [3.8, 4) is 0 Å². The van der Waals surface area contributed by atoms with Crippen molar-refractivity contribution in [1.82, 2.24) is 20.4 Å². The van der Waals surface area contributed by atoms with Crippen molar-refractivity contribution in [2.75, 3.05) is 59.4 Å². The molecule has 1 fully saturated rings. The molecule has 1 saturated heterocycles. The molecule has 0 aromatic heterocycles. The Bertz CT molecular complexity index is 282. The van der Waals surface area contributed by atoms with E-state index in [1.807, 2.05) is 7.05 Å². The largest absolute Gasteiger partial charge is 0.356 e. The lowest BCUT2D eigenvalue weighted by Gasteiger charge is -2.34. The number of hydrogen-bond donors (Lipinski definition) is 2. The van der Waals surface area contributed by atoms with Gasteiger partial charge >= 0.3 is 0 Å². The topological polar surface area (TPSA) is 42.9 Å². The molecule has 5 nitrogen and oxygen atoms in total. The van der Waals surface area contributed by atoms with Crippen molar-refractivity contribution in [3.05, 3.63) is 0 Å². The third-order valence-corrected chi connectivity index (χ3v) is 4.01. The van der Waals surface area contributed by atoms with Gasteiger partial charge in [-0.15, -0.1) is 0 Å². The van der Waals surface area contributed by atoms with E-state index in [4.69, 9.17) is 0 Å². The van der Waals surface area contributed by atoms with Gasteiger partial charge in [-0.2, -0.15) is 0 Å². The minimum atomic E-state index is 0.644. The second kappa shape index (κ2) is 10.9. The van der Waals surface area contributed by atoms with Gasteiger partial charge in [0.05, 0.1) is 0 Å². The second-order valence-electron chi connectivity index (χ2n) is 6.26. The molecule has 0 unspecified atom stereocenters. The van der Waals surface area contributed by atoms with Gasteiger partial charge < -0.3 is 20.4 Å². The van der Waals surface area contributed by atoms with Crippen LogP contribution in [0.5, 0.6) is 0 Å². The Morgan fingerprint density at radius 3 is 2.29 bits per heavy atom. The zero-order chi connectivity index (χ0) is 15.5. The van der Waals surface area contributed by atoms with E-state index < -0.39 is 0 Å². The molecule has 124 valence electrons. The molecule has 2 N–H and O–H groups in total. The molecule has 1 rings (SSSR count). The van der Waals surface area contributed by atoms with Crippen LogP contribution in [0.4, 0.5) is 0 Å². The highest BCUT2D eigenvalue weighted by Gasteiger charge is 2.14. The molecule has 0 bridgehead atoms. The van der Waals surface area contributed by atoms with E-state index in [2.05, 4.69) is 46.2 Å². The summed E-state index contributed by atoms with van der Waals surface area (Å²) in [6.45, 7) is 16.0. The molecule has 21 heavy (non-hydrogen) atoms. The first kappa shape index (κ1) is 18.2. The normalized spacial score (nSPS) is 18.2. The van der Waals surface area contributed by atoms with Gasteiger partial charge in [-0.25, -0.2) is 0 Å². The number of nitrogens with zero attached hydrogens (tertiary/aromatic N) is 3. The number of unbranched alkanes of at least 4 members (excludes halogenated alkanes) is 1. The summed E-state index contributed by atoms with van der Waals surface area (Å²) in [6.07, 6.45) is 2.47. The Balaban J connectivity index is 2.01. The van der Waals surface area contributed by atoms with E-state index in [0.29, 0.717) is 5.92 Å². The highest BCUT2D eigenvalue weighted by Crippen LogP contribution is 2.02. The highest BCUT2D eigenvalue weighted by atomic mass is 15.3. The third-order valence-electron chi connectivity index (χ3n) is 4.01. The van der Waals surface area contributed by atoms with Crippen molar-refractivity contribution >= 4 is 5.96 Å². The lowest BCUT2D eigenvalue weighted by atomic mass is 10.2. The summed E-state index contributed by atoms with van der Waals surface area (Å²) in [5, 5.41) is 6.73. The first-order valence-corrected chi connectivity index (χ1v) is 8.55. The zero-order valence-corrected chi connectivity index (χ0v) is 14.5. The third kappa shape index (κ3) is 8.27. The number of hydrogen-bond acceptors (Lipinski definition) is 3. The van der Waals surface area contributed by atoms with E-state index in [1.165, 1.54) is 52.1 Å². The molecule has 1 heterocycles. The van der Waals surface area contributed by atoms with Gasteiger partial charge in [0, 0.05) is 46.3 Å². The van der Waals surface area contributed by atoms with Gasteiger partial charge in [0.25, 0.3) is 0 Å². The van der Waals surface area contributed by atoms with Crippen molar-refractivity contribution < 1.29 is 0 Å². The van der Waals surface area contributed by atoms with Gasteiger partial charge in [-0.05, 0) is 31.8 Å². The zero-order valence-electron chi connectivity index (χ0n) is 14.5. The molecule has 0 aromatic carbocycles. The Hall–Kier alpha value is -0.810. The summed E-state index contributed by atoms with van der Waals surface area (Å²) in [5.74, 6) is 1.57. The van der Waals surface area contributed by atoms with Crippen LogP contribution in [-0.4, -0.2) is 75.2 Å². The summed E-state index contributed by atoms with van der Waals surface area (Å²) < 4.78 is 0. The van der Waals surface area contributed by atoms with E-state index >= 15 is 0 Å². The quantitative estimate of drug-likeness (QED) is 0.402. The highest BCUT2D eigenvalue weighted by molar-refractivity contribution is 5.79. The fraction of sp³-hybridized carbons (Fsp3) is 0.938. The average Bonchev–Trinajstić information content (AvgIpc) is 2.50. The maximum Gasteiger partial charge on any atom is 0.190 e. The fourth-order valence-corrected chi connectivity index (χ4v) is 2.52. The number of piperazine rings is 1. The van der Waals surface area contributed by atoms with E-state index in [1.54, 1.807) is 0 Å². The lowest BCUT2D eigenvalue weighted by molar-refractivity contribution is 0.136. The number of nitrogens with one attached hydrogen (secondary N) is 2. The molecule has 0 aliphatic carbocycles. The number of likely N-dealkylation sites (N-methyl/N-ethyl adjacent to an activating group) is 1. The monoisotopic (exact) mass is 297 g/mol. The smallest absolute Gasteiger partial charge is 0.190 e. The minimum absolute atomic E-state index is 0.644. The molecule has 5 heteroatoms. The maximum atomic E-state index is 4.24. The fourth-order valence-electron chi connectivity index (χ4n) is 2.52. The van der Waals surface area contributed by atoms with E-state index in [0.717, 1.165) is 19.0 Å². The predicted molar refractivity (Wildman–Crippen MR) is 92.0 cm³/mol.